The number of nitrogens with zero attached hydrogens (tertiary/aromatic N) is 1. The third kappa shape index (κ3) is 7.84. The molecule has 0 atom stereocenters. The largest absolute Gasteiger partial charge is 0.356 e. The van der Waals surface area contributed by atoms with E-state index in [0.29, 0.717) is 0 Å². The maximum atomic E-state index is 4.01. The maximum absolute atomic E-state index is 4.01. The summed E-state index contributed by atoms with van der Waals surface area (Å²) in [5.74, 6) is 0.840. The average Bonchev–Trinajstić information content (AvgIpc) is 2.05. The van der Waals surface area contributed by atoms with E-state index in [4.69, 9.17) is 0 Å². The SMILES string of the molecule is C=CCNC(=NC)NCCC.I. The fourth-order valence-corrected chi connectivity index (χ4v) is 0.633. The van der Waals surface area contributed by atoms with Crippen LogP contribution in [-0.4, -0.2) is 26.1 Å². The van der Waals surface area contributed by atoms with Gasteiger partial charge in [0.25, 0.3) is 0 Å². The molecule has 0 bridgehead atoms. The van der Waals surface area contributed by atoms with Gasteiger partial charge in [0.05, 0.1) is 0 Å². The second kappa shape index (κ2) is 10.7. The molecule has 72 valence electrons. The summed E-state index contributed by atoms with van der Waals surface area (Å²) in [6.07, 6.45) is 2.91. The van der Waals surface area contributed by atoms with E-state index in [2.05, 4.69) is 29.1 Å². The number of halogens is 1. The van der Waals surface area contributed by atoms with E-state index in [0.717, 1.165) is 25.5 Å². The number of aliphatic imine (C=N–C) groups is 1. The van der Waals surface area contributed by atoms with E-state index in [1.54, 1.807) is 13.1 Å². The van der Waals surface area contributed by atoms with Crippen LogP contribution < -0.4 is 10.6 Å². The van der Waals surface area contributed by atoms with Crippen LogP contribution in [0.2, 0.25) is 0 Å². The summed E-state index contributed by atoms with van der Waals surface area (Å²) in [5.41, 5.74) is 0. The molecule has 3 nitrogen and oxygen atoms in total. The Labute approximate surface area is 91.7 Å². The quantitative estimate of drug-likeness (QED) is 0.354. The first-order chi connectivity index (χ1) is 5.35. The third-order valence-corrected chi connectivity index (χ3v) is 1.18. The molecule has 0 aliphatic carbocycles. The highest BCUT2D eigenvalue weighted by atomic mass is 127. The van der Waals surface area contributed by atoms with Crippen molar-refractivity contribution >= 4 is 29.9 Å². The van der Waals surface area contributed by atoms with Gasteiger partial charge in [-0.15, -0.1) is 30.6 Å². The van der Waals surface area contributed by atoms with Crippen molar-refractivity contribution in [1.82, 2.24) is 10.6 Å². The molecule has 0 spiro atoms. The summed E-state index contributed by atoms with van der Waals surface area (Å²) in [5, 5.41) is 6.22. The van der Waals surface area contributed by atoms with Crippen LogP contribution in [0.3, 0.4) is 0 Å². The molecule has 0 saturated heterocycles. The van der Waals surface area contributed by atoms with Gasteiger partial charge in [0.2, 0.25) is 0 Å². The van der Waals surface area contributed by atoms with Crippen molar-refractivity contribution < 1.29 is 0 Å². The monoisotopic (exact) mass is 283 g/mol. The predicted molar refractivity (Wildman–Crippen MR) is 65.3 cm³/mol. The molecule has 0 aliphatic rings. The van der Waals surface area contributed by atoms with Gasteiger partial charge >= 0.3 is 0 Å². The first-order valence-corrected chi connectivity index (χ1v) is 3.90. The van der Waals surface area contributed by atoms with Gasteiger partial charge in [-0.2, -0.15) is 0 Å². The smallest absolute Gasteiger partial charge is 0.191 e. The molecule has 12 heavy (non-hydrogen) atoms. The molecule has 0 saturated carbocycles. The van der Waals surface area contributed by atoms with Crippen LogP contribution in [0.4, 0.5) is 0 Å². The Balaban J connectivity index is 0. The zero-order valence-electron chi connectivity index (χ0n) is 7.76. The summed E-state index contributed by atoms with van der Waals surface area (Å²) < 4.78 is 0. The molecular formula is C8H18IN3. The molecule has 0 amide bonds. The van der Waals surface area contributed by atoms with Crippen LogP contribution in [0.1, 0.15) is 13.3 Å². The first-order valence-electron chi connectivity index (χ1n) is 3.90. The van der Waals surface area contributed by atoms with Gasteiger partial charge in [-0.05, 0) is 6.42 Å². The lowest BCUT2D eigenvalue weighted by molar-refractivity contribution is 0.803. The highest BCUT2D eigenvalue weighted by Gasteiger charge is 1.90. The molecule has 0 radical (unpaired) electrons. The second-order valence-corrected chi connectivity index (χ2v) is 2.17. The molecule has 2 N–H and O–H groups in total. The predicted octanol–water partition coefficient (Wildman–Crippen LogP) is 1.37. The minimum atomic E-state index is 0. The summed E-state index contributed by atoms with van der Waals surface area (Å²) in [6.45, 7) is 7.43. The Hall–Kier alpha value is -0.260. The lowest BCUT2D eigenvalue weighted by Crippen LogP contribution is -2.37. The lowest BCUT2D eigenvalue weighted by atomic mass is 10.5. The maximum Gasteiger partial charge on any atom is 0.191 e. The fourth-order valence-electron chi connectivity index (χ4n) is 0.633. The van der Waals surface area contributed by atoms with Gasteiger partial charge in [-0.3, -0.25) is 4.99 Å². The van der Waals surface area contributed by atoms with E-state index in [-0.39, 0.29) is 24.0 Å². The van der Waals surface area contributed by atoms with Crippen LogP contribution >= 0.6 is 24.0 Å². The fraction of sp³-hybridized carbons (Fsp3) is 0.625. The summed E-state index contributed by atoms with van der Waals surface area (Å²) in [7, 11) is 1.76. The van der Waals surface area contributed by atoms with Gasteiger partial charge in [-0.25, -0.2) is 0 Å². The number of nitrogens with one attached hydrogen (secondary N) is 2. The Bertz CT molecular complexity index is 134. The van der Waals surface area contributed by atoms with Crippen molar-refractivity contribution in [3.63, 3.8) is 0 Å². The van der Waals surface area contributed by atoms with Crippen LogP contribution in [0.5, 0.6) is 0 Å². The molecule has 0 aromatic rings. The average molecular weight is 283 g/mol. The van der Waals surface area contributed by atoms with Gasteiger partial charge < -0.3 is 10.6 Å². The summed E-state index contributed by atoms with van der Waals surface area (Å²) >= 11 is 0. The standard InChI is InChI=1S/C8H17N3.HI/c1-4-6-10-8(9-3)11-7-5-2;/h4H,1,5-7H2,2-3H3,(H2,9,10,11);1H. The summed E-state index contributed by atoms with van der Waals surface area (Å²) in [6, 6.07) is 0. The minimum absolute atomic E-state index is 0. The number of hydrogen-bond donors (Lipinski definition) is 2. The Morgan fingerprint density at radius 2 is 2.17 bits per heavy atom. The molecular weight excluding hydrogens is 265 g/mol. The third-order valence-electron chi connectivity index (χ3n) is 1.18. The van der Waals surface area contributed by atoms with E-state index in [1.165, 1.54) is 0 Å². The molecule has 0 aromatic carbocycles. The normalized spacial score (nSPS) is 10.0. The van der Waals surface area contributed by atoms with Crippen LogP contribution in [0.25, 0.3) is 0 Å². The van der Waals surface area contributed by atoms with Crippen molar-refractivity contribution in [2.75, 3.05) is 20.1 Å². The van der Waals surface area contributed by atoms with Gasteiger partial charge in [0, 0.05) is 20.1 Å². The van der Waals surface area contributed by atoms with E-state index >= 15 is 0 Å². The van der Waals surface area contributed by atoms with Gasteiger partial charge in [0.15, 0.2) is 5.96 Å². The second-order valence-electron chi connectivity index (χ2n) is 2.17. The van der Waals surface area contributed by atoms with Gasteiger partial charge in [0.1, 0.15) is 0 Å². The van der Waals surface area contributed by atoms with Crippen molar-refractivity contribution in [2.24, 2.45) is 4.99 Å². The highest BCUT2D eigenvalue weighted by Crippen LogP contribution is 1.71. The topological polar surface area (TPSA) is 36.4 Å². The number of rotatable bonds is 4. The zero-order valence-corrected chi connectivity index (χ0v) is 10.1. The lowest BCUT2D eigenvalue weighted by Gasteiger charge is -2.08. The molecule has 0 aromatic heterocycles. The molecule has 4 heteroatoms. The zero-order chi connectivity index (χ0) is 8.53. The van der Waals surface area contributed by atoms with Gasteiger partial charge in [-0.1, -0.05) is 13.0 Å². The molecule has 0 unspecified atom stereocenters. The van der Waals surface area contributed by atoms with E-state index < -0.39 is 0 Å². The number of hydrogen-bond acceptors (Lipinski definition) is 1. The first kappa shape index (κ1) is 14.3. The van der Waals surface area contributed by atoms with Crippen LogP contribution in [0, 0.1) is 0 Å². The molecule has 0 aliphatic heterocycles. The van der Waals surface area contributed by atoms with E-state index in [9.17, 15) is 0 Å². The molecule has 0 heterocycles. The minimum Gasteiger partial charge on any atom is -0.356 e. The van der Waals surface area contributed by atoms with Crippen molar-refractivity contribution in [3.8, 4) is 0 Å². The van der Waals surface area contributed by atoms with Crippen molar-refractivity contribution in [1.29, 1.82) is 0 Å². The van der Waals surface area contributed by atoms with Crippen LogP contribution in [0.15, 0.2) is 17.6 Å². The molecule has 0 fully saturated rings. The summed E-state index contributed by atoms with van der Waals surface area (Å²) in [4.78, 5) is 4.01. The Morgan fingerprint density at radius 1 is 1.50 bits per heavy atom. The highest BCUT2D eigenvalue weighted by molar-refractivity contribution is 14.0. The van der Waals surface area contributed by atoms with Crippen LogP contribution in [-0.2, 0) is 0 Å². The molecule has 0 rings (SSSR count). The Kier molecular flexibility index (Phi) is 12.8. The number of guanidine groups is 1. The van der Waals surface area contributed by atoms with Crippen molar-refractivity contribution in [2.45, 2.75) is 13.3 Å². The Morgan fingerprint density at radius 3 is 2.58 bits per heavy atom. The van der Waals surface area contributed by atoms with E-state index in [1.807, 2.05) is 0 Å². The van der Waals surface area contributed by atoms with Crippen molar-refractivity contribution in [3.05, 3.63) is 12.7 Å².